The van der Waals surface area contributed by atoms with Crippen LogP contribution in [0.2, 0.25) is 0 Å². The predicted molar refractivity (Wildman–Crippen MR) is 201 cm³/mol. The summed E-state index contributed by atoms with van der Waals surface area (Å²) in [7, 11) is 0. The van der Waals surface area contributed by atoms with E-state index in [9.17, 15) is 19.2 Å². The summed E-state index contributed by atoms with van der Waals surface area (Å²) in [5.74, 6) is 0.974. The van der Waals surface area contributed by atoms with Crippen LogP contribution in [0.15, 0.2) is 57.5 Å². The number of benzene rings is 2. The topological polar surface area (TPSA) is 117 Å². The Balaban J connectivity index is 0.000000194. The number of rotatable bonds is 10. The summed E-state index contributed by atoms with van der Waals surface area (Å²) in [5.41, 5.74) is 1.19. The fourth-order valence-electron chi connectivity index (χ4n) is 8.75. The largest absolute Gasteiger partial charge is 0.449 e. The molecule has 50 heavy (non-hydrogen) atoms. The first-order valence-electron chi connectivity index (χ1n) is 18.1. The Morgan fingerprint density at radius 2 is 1.08 bits per heavy atom. The zero-order valence-electron chi connectivity index (χ0n) is 29.2. The van der Waals surface area contributed by atoms with Crippen molar-refractivity contribution in [1.82, 2.24) is 9.80 Å². The lowest BCUT2D eigenvalue weighted by Gasteiger charge is -2.48. The number of ether oxygens (including phenoxy) is 2. The number of carbonyl (C=O) groups is 4. The van der Waals surface area contributed by atoms with E-state index < -0.39 is 12.2 Å². The molecule has 0 unspecified atom stereocenters. The van der Waals surface area contributed by atoms with Gasteiger partial charge < -0.3 is 19.3 Å². The van der Waals surface area contributed by atoms with Gasteiger partial charge in [-0.2, -0.15) is 0 Å². The average Bonchev–Trinajstić information content (AvgIpc) is 3.62. The molecule has 2 aromatic rings. The molecule has 4 fully saturated rings. The third kappa shape index (κ3) is 8.84. The van der Waals surface area contributed by atoms with Crippen LogP contribution in [-0.2, 0) is 19.1 Å². The predicted octanol–water partition coefficient (Wildman–Crippen LogP) is 9.14. The third-order valence-electron chi connectivity index (χ3n) is 11.0. The van der Waals surface area contributed by atoms with Crippen LogP contribution >= 0.6 is 31.9 Å². The van der Waals surface area contributed by atoms with Crippen LogP contribution in [0, 0.1) is 11.8 Å². The highest BCUT2D eigenvalue weighted by Crippen LogP contribution is 2.47. The van der Waals surface area contributed by atoms with Crippen molar-refractivity contribution in [2.45, 2.75) is 102 Å². The van der Waals surface area contributed by atoms with Crippen LogP contribution in [0.5, 0.6) is 0 Å². The summed E-state index contributed by atoms with van der Waals surface area (Å²) in [4.78, 5) is 52.9. The van der Waals surface area contributed by atoms with E-state index in [1.165, 1.54) is 0 Å². The van der Waals surface area contributed by atoms with Crippen molar-refractivity contribution in [3.8, 4) is 0 Å². The molecule has 0 aromatic heterocycles. The van der Waals surface area contributed by atoms with Gasteiger partial charge in [-0.05, 0) is 99.9 Å². The van der Waals surface area contributed by atoms with Gasteiger partial charge in [-0.15, -0.1) is 0 Å². The van der Waals surface area contributed by atoms with Gasteiger partial charge in [-0.25, -0.2) is 9.59 Å². The number of anilines is 2. The monoisotopic (exact) mass is 816 g/mol. The van der Waals surface area contributed by atoms with Crippen molar-refractivity contribution in [3.05, 3.63) is 57.5 Å². The van der Waals surface area contributed by atoms with E-state index in [0.29, 0.717) is 37.4 Å². The Morgan fingerprint density at radius 3 is 1.44 bits per heavy atom. The van der Waals surface area contributed by atoms with Gasteiger partial charge in [0.25, 0.3) is 0 Å². The second-order valence-corrected chi connectivity index (χ2v) is 15.8. The fraction of sp³-hybridized carbons (Fsp3) is 0.579. The van der Waals surface area contributed by atoms with Gasteiger partial charge in [-0.1, -0.05) is 58.5 Å². The van der Waals surface area contributed by atoms with Gasteiger partial charge in [0.05, 0.1) is 13.2 Å². The van der Waals surface area contributed by atoms with E-state index in [1.54, 1.807) is 0 Å². The molecule has 0 radical (unpaired) electrons. The summed E-state index contributed by atoms with van der Waals surface area (Å²) in [5, 5.41) is 5.52. The highest BCUT2D eigenvalue weighted by molar-refractivity contribution is 9.10. The highest BCUT2D eigenvalue weighted by Gasteiger charge is 2.52. The smallest absolute Gasteiger partial charge is 0.411 e. The zero-order chi connectivity index (χ0) is 35.7. The maximum atomic E-state index is 12.2. The van der Waals surface area contributed by atoms with E-state index in [0.717, 1.165) is 86.2 Å². The molecule has 0 saturated carbocycles. The van der Waals surface area contributed by atoms with E-state index >= 15 is 0 Å². The number of hydrogen-bond acceptors (Lipinski definition) is 6. The van der Waals surface area contributed by atoms with E-state index in [2.05, 4.69) is 66.1 Å². The van der Waals surface area contributed by atoms with Gasteiger partial charge in [0.15, 0.2) is 0 Å². The van der Waals surface area contributed by atoms with Crippen LogP contribution < -0.4 is 10.6 Å². The molecule has 10 nitrogen and oxygen atoms in total. The Labute approximate surface area is 312 Å². The number of fused-ring (bicyclic) bond motifs is 2. The molecule has 12 heteroatoms. The molecular formula is C38H50Br2N4O6. The quantitative estimate of drug-likeness (QED) is 0.247. The van der Waals surface area contributed by atoms with E-state index in [4.69, 9.17) is 9.47 Å². The van der Waals surface area contributed by atoms with Gasteiger partial charge in [0, 0.05) is 69.2 Å². The molecule has 2 aromatic carbocycles. The minimum absolute atomic E-state index is 0.109. The lowest BCUT2D eigenvalue weighted by Crippen LogP contribution is -2.56. The van der Waals surface area contributed by atoms with Gasteiger partial charge in [0.2, 0.25) is 11.8 Å². The second-order valence-electron chi connectivity index (χ2n) is 13.9. The van der Waals surface area contributed by atoms with Crippen molar-refractivity contribution >= 4 is 67.2 Å². The summed E-state index contributed by atoms with van der Waals surface area (Å²) < 4.78 is 13.0. The minimum Gasteiger partial charge on any atom is -0.449 e. The summed E-state index contributed by atoms with van der Waals surface area (Å²) >= 11 is 6.74. The Bertz CT molecular complexity index is 1380. The van der Waals surface area contributed by atoms with Gasteiger partial charge >= 0.3 is 12.2 Å². The number of nitrogens with zero attached hydrogens (tertiary/aromatic N) is 2. The standard InChI is InChI=1S/2C19H25BrN2O3/c2*1-2-10-19-11-9-17(23)22(19)12-3-4-14(19)13-25-18(24)21-16-7-5-15(20)6-8-16/h2*5-8,14H,2-4,9-13H2,1H3,(H,21,24)/t2*14-,19-/m00/s1. The Hall–Kier alpha value is -3.12. The van der Waals surface area contributed by atoms with Crippen LogP contribution in [0.4, 0.5) is 21.0 Å². The Kier molecular flexibility index (Phi) is 13.3. The lowest BCUT2D eigenvalue weighted by molar-refractivity contribution is -0.137. The lowest BCUT2D eigenvalue weighted by atomic mass is 9.74. The number of nitrogens with one attached hydrogen (secondary N) is 2. The molecule has 4 aliphatic rings. The maximum absolute atomic E-state index is 12.2. The van der Waals surface area contributed by atoms with Gasteiger partial charge in [-0.3, -0.25) is 20.2 Å². The van der Waals surface area contributed by atoms with Crippen molar-refractivity contribution in [2.75, 3.05) is 36.9 Å². The average molecular weight is 819 g/mol. The number of amides is 4. The minimum atomic E-state index is -0.435. The molecule has 4 atom stereocenters. The van der Waals surface area contributed by atoms with Crippen LogP contribution in [-0.4, -0.2) is 71.2 Å². The molecule has 0 bridgehead atoms. The molecule has 2 N–H and O–H groups in total. The van der Waals surface area contributed by atoms with Crippen molar-refractivity contribution in [2.24, 2.45) is 11.8 Å². The maximum Gasteiger partial charge on any atom is 0.411 e. The van der Waals surface area contributed by atoms with Gasteiger partial charge in [0.1, 0.15) is 0 Å². The molecule has 0 spiro atoms. The van der Waals surface area contributed by atoms with Crippen molar-refractivity contribution in [1.29, 1.82) is 0 Å². The molecular weight excluding hydrogens is 768 g/mol. The molecule has 4 aliphatic heterocycles. The summed E-state index contributed by atoms with van der Waals surface area (Å²) in [6.45, 7) is 6.74. The van der Waals surface area contributed by atoms with Crippen LogP contribution in [0.25, 0.3) is 0 Å². The summed E-state index contributed by atoms with van der Waals surface area (Å²) in [6, 6.07) is 14.8. The number of halogens is 2. The number of piperidine rings is 2. The molecule has 0 aliphatic carbocycles. The normalized spacial score (nSPS) is 25.6. The second kappa shape index (κ2) is 17.4. The number of hydrogen-bond donors (Lipinski definition) is 2. The Morgan fingerprint density at radius 1 is 0.700 bits per heavy atom. The molecule has 4 saturated heterocycles. The summed E-state index contributed by atoms with van der Waals surface area (Å²) in [6.07, 6.45) is 10.2. The molecule has 6 rings (SSSR count). The third-order valence-corrected chi connectivity index (χ3v) is 12.0. The van der Waals surface area contributed by atoms with E-state index in [-0.39, 0.29) is 34.7 Å². The number of carbonyl (C=O) groups excluding carboxylic acids is 4. The SMILES string of the molecule is CCC[C@@]12CCC(=O)N1CCC[C@H]2COC(=O)Nc1ccc(Br)cc1.CCC[C@@]12CCC(=O)N1CCC[C@H]2COC(=O)Nc1ccc(Br)cc1. The first-order valence-corrected chi connectivity index (χ1v) is 19.7. The molecule has 4 amide bonds. The van der Waals surface area contributed by atoms with Crippen LogP contribution in [0.3, 0.4) is 0 Å². The molecule has 4 heterocycles. The zero-order valence-corrected chi connectivity index (χ0v) is 32.4. The van der Waals surface area contributed by atoms with Crippen molar-refractivity contribution < 1.29 is 28.7 Å². The fourth-order valence-corrected chi connectivity index (χ4v) is 9.28. The van der Waals surface area contributed by atoms with E-state index in [1.807, 2.05) is 48.5 Å². The first-order chi connectivity index (χ1) is 24.1. The van der Waals surface area contributed by atoms with Crippen molar-refractivity contribution in [3.63, 3.8) is 0 Å². The van der Waals surface area contributed by atoms with Crippen LogP contribution in [0.1, 0.15) is 90.9 Å². The first kappa shape index (κ1) is 38.1. The highest BCUT2D eigenvalue weighted by atomic mass is 79.9. The molecule has 272 valence electrons.